The van der Waals surface area contributed by atoms with Crippen molar-refractivity contribution in [3.8, 4) is 5.75 Å². The second-order valence-corrected chi connectivity index (χ2v) is 5.45. The van der Waals surface area contributed by atoms with Gasteiger partial charge in [0.2, 0.25) is 0 Å². The summed E-state index contributed by atoms with van der Waals surface area (Å²) in [6.45, 7) is 0. The number of aromatic nitrogens is 2. The molecule has 1 aromatic carbocycles. The largest absolute Gasteiger partial charge is 0.496 e. The van der Waals surface area contributed by atoms with Gasteiger partial charge >= 0.3 is 0 Å². The monoisotopic (exact) mass is 338 g/mol. The van der Waals surface area contributed by atoms with Crippen molar-refractivity contribution in [3.63, 3.8) is 0 Å². The number of carbonyl (C=O) groups is 1. The Kier molecular flexibility index (Phi) is 4.93. The van der Waals surface area contributed by atoms with E-state index < -0.39 is 0 Å². The first-order valence-corrected chi connectivity index (χ1v) is 7.24. The molecular formula is C13H11BrN2O2S. The Morgan fingerprint density at radius 2 is 2.26 bits per heavy atom. The number of ether oxygens (including phenoxy) is 1. The third-order valence-corrected chi connectivity index (χ3v) is 3.90. The number of hydrogen-bond acceptors (Lipinski definition) is 5. The number of nitrogens with zero attached hydrogens (tertiary/aromatic N) is 2. The maximum atomic E-state index is 12.0. The van der Waals surface area contributed by atoms with Crippen molar-refractivity contribution in [2.45, 2.75) is 5.03 Å². The summed E-state index contributed by atoms with van der Waals surface area (Å²) in [5.41, 5.74) is 0.643. The van der Waals surface area contributed by atoms with Gasteiger partial charge in [-0.3, -0.25) is 9.78 Å². The molecule has 4 nitrogen and oxygen atoms in total. The fraction of sp³-hybridized carbons (Fsp3) is 0.154. The van der Waals surface area contributed by atoms with E-state index in [2.05, 4.69) is 25.9 Å². The average molecular weight is 339 g/mol. The standard InChI is InChI=1S/C13H11BrN2O2S/c1-18-12-3-2-9(6-10(12)14)11(17)8-19-13-7-15-4-5-16-13/h2-7H,8H2,1H3. The van der Waals surface area contributed by atoms with E-state index in [-0.39, 0.29) is 5.78 Å². The minimum Gasteiger partial charge on any atom is -0.496 e. The van der Waals surface area contributed by atoms with Crippen molar-refractivity contribution >= 4 is 33.5 Å². The van der Waals surface area contributed by atoms with Crippen LogP contribution in [0, 0.1) is 0 Å². The van der Waals surface area contributed by atoms with E-state index in [1.165, 1.54) is 11.8 Å². The lowest BCUT2D eigenvalue weighted by atomic mass is 10.1. The average Bonchev–Trinajstić information content (AvgIpc) is 2.45. The van der Waals surface area contributed by atoms with Crippen LogP contribution < -0.4 is 4.74 Å². The summed E-state index contributed by atoms with van der Waals surface area (Å²) in [5, 5.41) is 0.739. The highest BCUT2D eigenvalue weighted by Gasteiger charge is 2.10. The molecular weight excluding hydrogens is 328 g/mol. The molecule has 6 heteroatoms. The summed E-state index contributed by atoms with van der Waals surface area (Å²) in [6, 6.07) is 5.28. The molecule has 0 aliphatic heterocycles. The fourth-order valence-corrected chi connectivity index (χ4v) is 2.68. The first-order valence-electron chi connectivity index (χ1n) is 5.46. The molecule has 0 radical (unpaired) electrons. The van der Waals surface area contributed by atoms with Gasteiger partial charge in [-0.25, -0.2) is 4.98 Å². The van der Waals surface area contributed by atoms with E-state index in [1.807, 2.05) is 0 Å². The Labute approximate surface area is 123 Å². The molecule has 0 saturated carbocycles. The van der Waals surface area contributed by atoms with E-state index in [9.17, 15) is 4.79 Å². The van der Waals surface area contributed by atoms with Crippen molar-refractivity contribution in [1.82, 2.24) is 9.97 Å². The van der Waals surface area contributed by atoms with E-state index in [4.69, 9.17) is 4.74 Å². The Morgan fingerprint density at radius 1 is 1.42 bits per heavy atom. The van der Waals surface area contributed by atoms with Crippen molar-refractivity contribution < 1.29 is 9.53 Å². The van der Waals surface area contributed by atoms with Crippen molar-refractivity contribution in [1.29, 1.82) is 0 Å². The molecule has 19 heavy (non-hydrogen) atoms. The number of carbonyl (C=O) groups excluding carboxylic acids is 1. The third kappa shape index (κ3) is 3.78. The van der Waals surface area contributed by atoms with Crippen LogP contribution in [-0.2, 0) is 0 Å². The highest BCUT2D eigenvalue weighted by molar-refractivity contribution is 9.10. The molecule has 2 rings (SSSR count). The van der Waals surface area contributed by atoms with Crippen LogP contribution in [0.25, 0.3) is 0 Å². The maximum Gasteiger partial charge on any atom is 0.173 e. The van der Waals surface area contributed by atoms with Gasteiger partial charge in [0.05, 0.1) is 23.5 Å². The highest BCUT2D eigenvalue weighted by atomic mass is 79.9. The van der Waals surface area contributed by atoms with Gasteiger partial charge < -0.3 is 4.74 Å². The first kappa shape index (κ1) is 14.0. The Bertz CT molecular complexity index is 578. The highest BCUT2D eigenvalue weighted by Crippen LogP contribution is 2.26. The van der Waals surface area contributed by atoms with Crippen LogP contribution in [-0.4, -0.2) is 28.6 Å². The molecule has 0 fully saturated rings. The number of benzene rings is 1. The van der Waals surface area contributed by atoms with Crippen LogP contribution in [0.4, 0.5) is 0 Å². The van der Waals surface area contributed by atoms with Gasteiger partial charge in [-0.1, -0.05) is 11.8 Å². The predicted molar refractivity (Wildman–Crippen MR) is 77.8 cm³/mol. The zero-order valence-electron chi connectivity index (χ0n) is 10.2. The van der Waals surface area contributed by atoms with Crippen LogP contribution in [0.1, 0.15) is 10.4 Å². The number of Topliss-reactive ketones (excluding diaryl/α,β-unsaturated/α-hetero) is 1. The van der Waals surface area contributed by atoms with Gasteiger partial charge in [-0.15, -0.1) is 0 Å². The molecule has 0 atom stereocenters. The van der Waals surface area contributed by atoms with Gasteiger partial charge in [0.15, 0.2) is 5.78 Å². The van der Waals surface area contributed by atoms with Crippen LogP contribution in [0.5, 0.6) is 5.75 Å². The number of methoxy groups -OCH3 is 1. The minimum absolute atomic E-state index is 0.0407. The van der Waals surface area contributed by atoms with Gasteiger partial charge in [0, 0.05) is 18.0 Å². The van der Waals surface area contributed by atoms with Crippen molar-refractivity contribution in [2.24, 2.45) is 0 Å². The summed E-state index contributed by atoms with van der Waals surface area (Å²) in [7, 11) is 1.59. The van der Waals surface area contributed by atoms with Gasteiger partial charge in [-0.2, -0.15) is 0 Å². The van der Waals surface area contributed by atoms with Crippen molar-refractivity contribution in [2.75, 3.05) is 12.9 Å². The van der Waals surface area contributed by atoms with E-state index in [0.717, 1.165) is 9.50 Å². The summed E-state index contributed by atoms with van der Waals surface area (Å²) in [5.74, 6) is 1.08. The quantitative estimate of drug-likeness (QED) is 0.618. The normalized spacial score (nSPS) is 10.2. The van der Waals surface area contributed by atoms with Gasteiger partial charge in [0.1, 0.15) is 10.8 Å². The van der Waals surface area contributed by atoms with Crippen LogP contribution >= 0.6 is 27.7 Å². The van der Waals surface area contributed by atoms with Crippen molar-refractivity contribution in [3.05, 3.63) is 46.8 Å². The number of hydrogen-bond donors (Lipinski definition) is 0. The molecule has 1 heterocycles. The smallest absolute Gasteiger partial charge is 0.173 e. The zero-order chi connectivity index (χ0) is 13.7. The second-order valence-electron chi connectivity index (χ2n) is 3.60. The Hall–Kier alpha value is -1.40. The first-order chi connectivity index (χ1) is 9.20. The second kappa shape index (κ2) is 6.68. The molecule has 0 N–H and O–H groups in total. The van der Waals surface area contributed by atoms with E-state index in [1.54, 1.807) is 43.9 Å². The molecule has 0 aliphatic carbocycles. The fourth-order valence-electron chi connectivity index (χ4n) is 1.42. The van der Waals surface area contributed by atoms with Crippen LogP contribution in [0.15, 0.2) is 46.3 Å². The molecule has 98 valence electrons. The third-order valence-electron chi connectivity index (χ3n) is 2.36. The number of halogens is 1. The zero-order valence-corrected chi connectivity index (χ0v) is 12.6. The Balaban J connectivity index is 2.02. The summed E-state index contributed by atoms with van der Waals surface area (Å²) in [6.07, 6.45) is 4.85. The molecule has 2 aromatic rings. The summed E-state index contributed by atoms with van der Waals surface area (Å²) < 4.78 is 5.90. The van der Waals surface area contributed by atoms with Gasteiger partial charge in [-0.05, 0) is 34.1 Å². The van der Waals surface area contributed by atoms with Gasteiger partial charge in [0.25, 0.3) is 0 Å². The molecule has 0 bridgehead atoms. The summed E-state index contributed by atoms with van der Waals surface area (Å²) >= 11 is 4.73. The number of rotatable bonds is 5. The van der Waals surface area contributed by atoms with Crippen LogP contribution in [0.2, 0.25) is 0 Å². The topological polar surface area (TPSA) is 52.1 Å². The molecule has 0 spiro atoms. The lowest BCUT2D eigenvalue weighted by molar-refractivity contribution is 0.102. The Morgan fingerprint density at radius 3 is 2.89 bits per heavy atom. The maximum absolute atomic E-state index is 12.0. The summed E-state index contributed by atoms with van der Waals surface area (Å²) in [4.78, 5) is 20.1. The number of ketones is 1. The SMILES string of the molecule is COc1ccc(C(=O)CSc2cnccn2)cc1Br. The lowest BCUT2D eigenvalue weighted by Crippen LogP contribution is -2.03. The molecule has 0 aliphatic rings. The van der Waals surface area contributed by atoms with E-state index >= 15 is 0 Å². The lowest BCUT2D eigenvalue weighted by Gasteiger charge is -2.05. The molecule has 0 amide bonds. The molecule has 1 aromatic heterocycles. The van der Waals surface area contributed by atoms with E-state index in [0.29, 0.717) is 17.1 Å². The molecule has 0 unspecified atom stereocenters. The predicted octanol–water partition coefficient (Wildman–Crippen LogP) is 3.22. The van der Waals surface area contributed by atoms with Crippen LogP contribution in [0.3, 0.4) is 0 Å². The number of thioether (sulfide) groups is 1. The minimum atomic E-state index is 0.0407. The molecule has 0 saturated heterocycles.